The molecular formula is C17H20O8. The fourth-order valence-electron chi connectivity index (χ4n) is 3.23. The smallest absolute Gasteiger partial charge is 0.342 e. The third kappa shape index (κ3) is 3.08. The van der Waals surface area contributed by atoms with Crippen molar-refractivity contribution < 1.29 is 38.7 Å². The standard InChI is InChI=1S/C17H20O8/c1-7-14(20)11(19)6-12(23-7)9-4-5-10-13(15(9)22-3)17(24-8(2)18)25-16(10)21/h4-5,7,11-12,14,17,19-20H,6H2,1-3H3/t7-,11-,12-,14-,17?/m1/s1. The summed E-state index contributed by atoms with van der Waals surface area (Å²) in [4.78, 5) is 23.3. The number of carbonyl (C=O) groups is 2. The van der Waals surface area contributed by atoms with Crippen LogP contribution in [0.5, 0.6) is 5.75 Å². The molecule has 0 radical (unpaired) electrons. The Bertz CT molecular complexity index is 686. The monoisotopic (exact) mass is 352 g/mol. The lowest BCUT2D eigenvalue weighted by Crippen LogP contribution is -2.44. The Hall–Kier alpha value is -2.16. The molecule has 0 saturated carbocycles. The van der Waals surface area contributed by atoms with Gasteiger partial charge in [0, 0.05) is 18.9 Å². The van der Waals surface area contributed by atoms with Gasteiger partial charge in [-0.15, -0.1) is 0 Å². The van der Waals surface area contributed by atoms with E-state index in [1.807, 2.05) is 0 Å². The first-order valence-corrected chi connectivity index (χ1v) is 7.94. The zero-order valence-electron chi connectivity index (χ0n) is 14.1. The first kappa shape index (κ1) is 17.7. The quantitative estimate of drug-likeness (QED) is 0.775. The maximum absolute atomic E-state index is 12.0. The number of ether oxygens (including phenoxy) is 4. The fourth-order valence-corrected chi connectivity index (χ4v) is 3.23. The molecule has 0 bridgehead atoms. The number of benzene rings is 1. The van der Waals surface area contributed by atoms with Crippen LogP contribution in [0.2, 0.25) is 0 Å². The number of carbonyl (C=O) groups excluding carboxylic acids is 2. The van der Waals surface area contributed by atoms with E-state index in [9.17, 15) is 19.8 Å². The second-order valence-corrected chi connectivity index (χ2v) is 6.12. The minimum absolute atomic E-state index is 0.160. The van der Waals surface area contributed by atoms with E-state index < -0.39 is 42.6 Å². The van der Waals surface area contributed by atoms with Crippen molar-refractivity contribution >= 4 is 11.9 Å². The van der Waals surface area contributed by atoms with Crippen molar-refractivity contribution in [2.45, 2.75) is 51.0 Å². The predicted octanol–water partition coefficient (Wildman–Crippen LogP) is 0.999. The molecule has 1 fully saturated rings. The number of aliphatic hydroxyl groups excluding tert-OH is 2. The lowest BCUT2D eigenvalue weighted by atomic mass is 9.91. The second kappa shape index (κ2) is 6.62. The normalized spacial score (nSPS) is 31.2. The van der Waals surface area contributed by atoms with Crippen LogP contribution in [0.3, 0.4) is 0 Å². The summed E-state index contributed by atoms with van der Waals surface area (Å²) in [5.41, 5.74) is 1.14. The molecule has 1 saturated heterocycles. The first-order chi connectivity index (χ1) is 11.8. The Morgan fingerprint density at radius 1 is 1.32 bits per heavy atom. The number of cyclic esters (lactones) is 1. The SMILES string of the molecule is COc1c([C@H]2C[C@@H](O)[C@H](O)[C@@H](C)O2)ccc2c1C(OC(C)=O)OC2=O. The van der Waals surface area contributed by atoms with Crippen LogP contribution in [0.1, 0.15) is 54.1 Å². The molecule has 0 aliphatic carbocycles. The summed E-state index contributed by atoms with van der Waals surface area (Å²) in [5.74, 6) is -0.908. The zero-order chi connectivity index (χ0) is 18.3. The van der Waals surface area contributed by atoms with E-state index in [0.717, 1.165) is 0 Å². The van der Waals surface area contributed by atoms with Gasteiger partial charge in [-0.2, -0.15) is 0 Å². The van der Waals surface area contributed by atoms with E-state index in [1.54, 1.807) is 19.1 Å². The average molecular weight is 352 g/mol. The summed E-state index contributed by atoms with van der Waals surface area (Å²) < 4.78 is 21.4. The Kier molecular flexibility index (Phi) is 4.68. The van der Waals surface area contributed by atoms with E-state index in [4.69, 9.17) is 18.9 Å². The van der Waals surface area contributed by atoms with Crippen molar-refractivity contribution in [1.82, 2.24) is 0 Å². The lowest BCUT2D eigenvalue weighted by Gasteiger charge is -2.36. The van der Waals surface area contributed by atoms with Crippen molar-refractivity contribution in [3.8, 4) is 5.75 Å². The van der Waals surface area contributed by atoms with Crippen molar-refractivity contribution in [1.29, 1.82) is 0 Å². The summed E-state index contributed by atoms with van der Waals surface area (Å²) in [7, 11) is 1.42. The number of hydrogen-bond acceptors (Lipinski definition) is 8. The van der Waals surface area contributed by atoms with E-state index in [1.165, 1.54) is 14.0 Å². The first-order valence-electron chi connectivity index (χ1n) is 7.94. The zero-order valence-corrected chi connectivity index (χ0v) is 14.1. The van der Waals surface area contributed by atoms with Crippen LogP contribution in [0.25, 0.3) is 0 Å². The number of hydrogen-bond donors (Lipinski definition) is 2. The Morgan fingerprint density at radius 2 is 2.04 bits per heavy atom. The van der Waals surface area contributed by atoms with Crippen molar-refractivity contribution in [2.75, 3.05) is 7.11 Å². The van der Waals surface area contributed by atoms with Crippen LogP contribution in [0.15, 0.2) is 12.1 Å². The predicted molar refractivity (Wildman–Crippen MR) is 82.8 cm³/mol. The molecule has 3 rings (SSSR count). The van der Waals surface area contributed by atoms with Crippen LogP contribution in [-0.4, -0.2) is 47.6 Å². The maximum Gasteiger partial charge on any atom is 0.342 e. The number of esters is 2. The molecule has 0 aromatic heterocycles. The van der Waals surface area contributed by atoms with E-state index in [0.29, 0.717) is 16.9 Å². The van der Waals surface area contributed by atoms with Gasteiger partial charge in [0.05, 0.1) is 36.5 Å². The highest BCUT2D eigenvalue weighted by Gasteiger charge is 2.41. The number of aliphatic hydroxyl groups is 2. The van der Waals surface area contributed by atoms with Crippen LogP contribution >= 0.6 is 0 Å². The van der Waals surface area contributed by atoms with Gasteiger partial charge in [-0.1, -0.05) is 6.07 Å². The second-order valence-electron chi connectivity index (χ2n) is 6.12. The summed E-state index contributed by atoms with van der Waals surface area (Å²) in [6.07, 6.45) is -4.08. The topological polar surface area (TPSA) is 112 Å². The van der Waals surface area contributed by atoms with Crippen LogP contribution in [0.4, 0.5) is 0 Å². The van der Waals surface area contributed by atoms with Gasteiger partial charge in [0.25, 0.3) is 6.29 Å². The number of methoxy groups -OCH3 is 1. The van der Waals surface area contributed by atoms with Gasteiger partial charge in [0.1, 0.15) is 11.9 Å². The minimum atomic E-state index is -1.19. The number of rotatable bonds is 3. The summed E-state index contributed by atoms with van der Waals surface area (Å²) in [6, 6.07) is 3.20. The molecule has 2 heterocycles. The van der Waals surface area contributed by atoms with Crippen LogP contribution < -0.4 is 4.74 Å². The molecule has 8 nitrogen and oxygen atoms in total. The molecule has 2 aliphatic rings. The highest BCUT2D eigenvalue weighted by molar-refractivity contribution is 5.95. The molecule has 25 heavy (non-hydrogen) atoms. The molecule has 0 amide bonds. The maximum atomic E-state index is 12.0. The van der Waals surface area contributed by atoms with Gasteiger partial charge in [0.15, 0.2) is 0 Å². The van der Waals surface area contributed by atoms with Gasteiger partial charge in [-0.25, -0.2) is 4.79 Å². The molecule has 2 N–H and O–H groups in total. The van der Waals surface area contributed by atoms with E-state index in [-0.39, 0.29) is 12.0 Å². The molecule has 5 atom stereocenters. The third-order valence-corrected chi connectivity index (χ3v) is 4.43. The Morgan fingerprint density at radius 3 is 2.64 bits per heavy atom. The highest BCUT2D eigenvalue weighted by Crippen LogP contribution is 2.45. The fraction of sp³-hybridized carbons (Fsp3) is 0.529. The summed E-state index contributed by atoms with van der Waals surface area (Å²) in [5, 5.41) is 19.9. The number of fused-ring (bicyclic) bond motifs is 1. The summed E-state index contributed by atoms with van der Waals surface area (Å²) >= 11 is 0. The van der Waals surface area contributed by atoms with Crippen LogP contribution in [0, 0.1) is 0 Å². The van der Waals surface area contributed by atoms with Gasteiger partial charge in [-0.05, 0) is 13.0 Å². The van der Waals surface area contributed by atoms with Gasteiger partial charge >= 0.3 is 11.9 Å². The molecule has 136 valence electrons. The van der Waals surface area contributed by atoms with E-state index in [2.05, 4.69) is 0 Å². The van der Waals surface area contributed by atoms with E-state index >= 15 is 0 Å². The highest BCUT2D eigenvalue weighted by atomic mass is 16.7. The third-order valence-electron chi connectivity index (χ3n) is 4.43. The Balaban J connectivity index is 2.02. The largest absolute Gasteiger partial charge is 0.496 e. The van der Waals surface area contributed by atoms with Crippen LogP contribution in [-0.2, 0) is 19.0 Å². The lowest BCUT2D eigenvalue weighted by molar-refractivity contribution is -0.165. The molecule has 1 aromatic carbocycles. The Labute approximate surface area is 144 Å². The molecule has 1 aromatic rings. The van der Waals surface area contributed by atoms with Gasteiger partial charge in [0.2, 0.25) is 0 Å². The molecule has 1 unspecified atom stereocenters. The minimum Gasteiger partial charge on any atom is -0.496 e. The van der Waals surface area contributed by atoms with Crippen molar-refractivity contribution in [2.24, 2.45) is 0 Å². The molecule has 8 heteroatoms. The van der Waals surface area contributed by atoms with Gasteiger partial charge in [-0.3, -0.25) is 4.79 Å². The van der Waals surface area contributed by atoms with Gasteiger partial charge < -0.3 is 29.2 Å². The van der Waals surface area contributed by atoms with Crippen molar-refractivity contribution in [3.05, 3.63) is 28.8 Å². The summed E-state index contributed by atoms with van der Waals surface area (Å²) in [6.45, 7) is 2.88. The van der Waals surface area contributed by atoms with Crippen molar-refractivity contribution in [3.63, 3.8) is 0 Å². The average Bonchev–Trinajstić information content (AvgIpc) is 2.86. The molecular weight excluding hydrogens is 332 g/mol. The molecule has 2 aliphatic heterocycles. The molecule has 0 spiro atoms.